The van der Waals surface area contributed by atoms with Crippen LogP contribution in [0, 0.1) is 0 Å². The van der Waals surface area contributed by atoms with Gasteiger partial charge in [0.15, 0.2) is 0 Å². The number of carbonyl (C=O) groups is 1. The number of para-hydroxylation sites is 1. The number of methoxy groups -OCH3 is 1. The van der Waals surface area contributed by atoms with Crippen LogP contribution in [-0.2, 0) is 17.6 Å². The van der Waals surface area contributed by atoms with Crippen LogP contribution >= 0.6 is 11.8 Å². The molecular formula is C36H26N2O2S. The lowest BCUT2D eigenvalue weighted by Gasteiger charge is -2.25. The molecule has 5 heteroatoms. The van der Waals surface area contributed by atoms with Crippen LogP contribution in [0.25, 0.3) is 60.3 Å². The van der Waals surface area contributed by atoms with Crippen molar-refractivity contribution in [2.24, 2.45) is 0 Å². The molecule has 6 aromatic carbocycles. The highest BCUT2D eigenvalue weighted by Crippen LogP contribution is 2.47. The van der Waals surface area contributed by atoms with Gasteiger partial charge in [0.25, 0.3) is 0 Å². The molecule has 0 N–H and O–H groups in total. The van der Waals surface area contributed by atoms with Gasteiger partial charge in [0.2, 0.25) is 0 Å². The highest BCUT2D eigenvalue weighted by atomic mass is 32.2. The predicted octanol–water partition coefficient (Wildman–Crippen LogP) is 8.71. The third-order valence-electron chi connectivity index (χ3n) is 8.52. The minimum absolute atomic E-state index is 0.312. The number of carbonyl (C=O) groups excluding carboxylic acids is 1. The van der Waals surface area contributed by atoms with Crippen molar-refractivity contribution in [2.45, 2.75) is 17.7 Å². The maximum absolute atomic E-state index is 13.4. The minimum Gasteiger partial charge on any atom is -0.465 e. The van der Waals surface area contributed by atoms with Crippen LogP contribution in [0.3, 0.4) is 0 Å². The molecule has 1 aliphatic carbocycles. The molecular weight excluding hydrogens is 524 g/mol. The van der Waals surface area contributed by atoms with Crippen LogP contribution < -0.4 is 0 Å². The fourth-order valence-electron chi connectivity index (χ4n) is 6.69. The average molecular weight is 551 g/mol. The molecule has 0 radical (unpaired) electrons. The molecule has 0 fully saturated rings. The second-order valence-electron chi connectivity index (χ2n) is 10.6. The Labute approximate surface area is 241 Å². The topological polar surface area (TPSA) is 44.1 Å². The lowest BCUT2D eigenvalue weighted by Crippen LogP contribution is -2.13. The lowest BCUT2D eigenvalue weighted by atomic mass is 9.80. The number of aromatic nitrogens is 2. The van der Waals surface area contributed by atoms with Crippen molar-refractivity contribution in [3.8, 4) is 27.9 Å². The summed E-state index contributed by atoms with van der Waals surface area (Å²) in [6, 6.07) is 32.3. The Kier molecular flexibility index (Phi) is 5.44. The Hall–Kier alpha value is -4.61. The molecule has 1 heterocycles. The molecule has 0 amide bonds. The van der Waals surface area contributed by atoms with Gasteiger partial charge in [0.1, 0.15) is 0 Å². The summed E-state index contributed by atoms with van der Waals surface area (Å²) in [5, 5.41) is 12.5. The normalized spacial score (nSPS) is 12.6. The number of nitrogens with zero attached hydrogens (tertiary/aromatic N) is 2. The summed E-state index contributed by atoms with van der Waals surface area (Å²) < 4.78 is 7.30. The van der Waals surface area contributed by atoms with E-state index in [1.165, 1.54) is 56.1 Å². The summed E-state index contributed by atoms with van der Waals surface area (Å²) in [5.41, 5.74) is 8.13. The summed E-state index contributed by atoms with van der Waals surface area (Å²) in [6.07, 6.45) is 5.70. The molecule has 0 unspecified atom stereocenters. The number of ether oxygens (including phenoxy) is 1. The van der Waals surface area contributed by atoms with Gasteiger partial charge in [0, 0.05) is 22.2 Å². The lowest BCUT2D eigenvalue weighted by molar-refractivity contribution is 0.0597. The number of hydrogen-bond donors (Lipinski definition) is 0. The van der Waals surface area contributed by atoms with E-state index in [4.69, 9.17) is 9.84 Å². The first-order valence-corrected chi connectivity index (χ1v) is 15.0. The van der Waals surface area contributed by atoms with E-state index in [0.29, 0.717) is 5.56 Å². The number of hydrogen-bond acceptors (Lipinski definition) is 4. The van der Waals surface area contributed by atoms with E-state index in [2.05, 4.69) is 79.0 Å². The van der Waals surface area contributed by atoms with Crippen LogP contribution in [0.1, 0.15) is 21.6 Å². The van der Waals surface area contributed by atoms with E-state index in [1.54, 1.807) is 11.8 Å². The average Bonchev–Trinajstić information content (AvgIpc) is 3.48. The predicted molar refractivity (Wildman–Crippen MR) is 169 cm³/mol. The summed E-state index contributed by atoms with van der Waals surface area (Å²) >= 11 is 1.58. The van der Waals surface area contributed by atoms with Gasteiger partial charge < -0.3 is 4.74 Å². The van der Waals surface area contributed by atoms with Crippen LogP contribution in [0.5, 0.6) is 0 Å². The number of rotatable bonds is 4. The van der Waals surface area contributed by atoms with Gasteiger partial charge in [0.05, 0.1) is 24.1 Å². The third-order valence-corrected chi connectivity index (χ3v) is 9.28. The Bertz CT molecular complexity index is 2130. The zero-order valence-electron chi connectivity index (χ0n) is 22.8. The molecule has 0 saturated carbocycles. The monoisotopic (exact) mass is 550 g/mol. The summed E-state index contributed by atoms with van der Waals surface area (Å²) in [4.78, 5) is 14.3. The molecule has 0 atom stereocenters. The smallest absolute Gasteiger partial charge is 0.339 e. The Morgan fingerprint density at radius 3 is 2.29 bits per heavy atom. The quantitative estimate of drug-likeness (QED) is 0.125. The van der Waals surface area contributed by atoms with Crippen LogP contribution in [-0.4, -0.2) is 29.1 Å². The van der Waals surface area contributed by atoms with Gasteiger partial charge in [-0.2, -0.15) is 5.10 Å². The Balaban J connectivity index is 1.45. The molecule has 8 rings (SSSR count). The standard InChI is InChI=1S/C36H26N2O2S/c1-40-36(39)35-31(41-2)19-28(27-17-18-30-29(34(27)35)20-38(37-30)24-9-4-3-5-10-24)25-15-13-23-12-11-21-7-6-8-22-14-16-26(25)33(23)32(21)22/h3-16,19-20H,17-18H2,1-2H3. The van der Waals surface area contributed by atoms with Crippen LogP contribution in [0.15, 0.2) is 102 Å². The number of esters is 1. The number of aryl methyl sites for hydroxylation is 1. The van der Waals surface area contributed by atoms with E-state index >= 15 is 0 Å². The van der Waals surface area contributed by atoms with Gasteiger partial charge >= 0.3 is 5.97 Å². The second kappa shape index (κ2) is 9.22. The maximum Gasteiger partial charge on any atom is 0.339 e. The van der Waals surface area contributed by atoms with Gasteiger partial charge in [-0.25, -0.2) is 9.48 Å². The van der Waals surface area contributed by atoms with Gasteiger partial charge in [-0.3, -0.25) is 0 Å². The van der Waals surface area contributed by atoms with Gasteiger partial charge in [-0.15, -0.1) is 11.8 Å². The summed E-state index contributed by atoms with van der Waals surface area (Å²) in [5.74, 6) is -0.312. The van der Waals surface area contributed by atoms with Crippen molar-refractivity contribution in [2.75, 3.05) is 13.4 Å². The van der Waals surface area contributed by atoms with Crippen molar-refractivity contribution >= 4 is 50.0 Å². The van der Waals surface area contributed by atoms with E-state index in [9.17, 15) is 4.79 Å². The second-order valence-corrected chi connectivity index (χ2v) is 11.4. The largest absolute Gasteiger partial charge is 0.465 e. The molecule has 4 nitrogen and oxygen atoms in total. The van der Waals surface area contributed by atoms with E-state index in [1.807, 2.05) is 29.1 Å². The van der Waals surface area contributed by atoms with Gasteiger partial charge in [-0.1, -0.05) is 72.8 Å². The molecule has 1 aliphatic rings. The van der Waals surface area contributed by atoms with Crippen molar-refractivity contribution in [3.63, 3.8) is 0 Å². The zero-order valence-corrected chi connectivity index (χ0v) is 23.6. The van der Waals surface area contributed by atoms with Crippen molar-refractivity contribution in [3.05, 3.63) is 114 Å². The molecule has 0 spiro atoms. The SMILES string of the molecule is COC(=O)c1c(SC)cc(-c2ccc3ccc4cccc5ccc2c3c45)c2c1-c1cn(-c3ccccc3)nc1CC2. The molecule has 41 heavy (non-hydrogen) atoms. The van der Waals surface area contributed by atoms with Gasteiger partial charge in [-0.05, 0) is 86.3 Å². The highest BCUT2D eigenvalue weighted by molar-refractivity contribution is 7.98. The summed E-state index contributed by atoms with van der Waals surface area (Å²) in [7, 11) is 1.46. The number of fused-ring (bicyclic) bond motifs is 3. The van der Waals surface area contributed by atoms with E-state index in [-0.39, 0.29) is 5.97 Å². The first-order valence-electron chi connectivity index (χ1n) is 13.8. The van der Waals surface area contributed by atoms with Crippen LogP contribution in [0.2, 0.25) is 0 Å². The number of thioether (sulfide) groups is 1. The van der Waals surface area contributed by atoms with E-state index < -0.39 is 0 Å². The van der Waals surface area contributed by atoms with Crippen molar-refractivity contribution in [1.29, 1.82) is 0 Å². The molecule has 0 aliphatic heterocycles. The Morgan fingerprint density at radius 2 is 1.54 bits per heavy atom. The maximum atomic E-state index is 13.4. The first kappa shape index (κ1) is 24.2. The fourth-order valence-corrected chi connectivity index (χ4v) is 7.32. The van der Waals surface area contributed by atoms with Crippen LogP contribution in [0.4, 0.5) is 0 Å². The minimum atomic E-state index is -0.312. The Morgan fingerprint density at radius 1 is 0.805 bits per heavy atom. The molecule has 1 aromatic heterocycles. The molecule has 198 valence electrons. The summed E-state index contributed by atoms with van der Waals surface area (Å²) in [6.45, 7) is 0. The van der Waals surface area contributed by atoms with Crippen molar-refractivity contribution < 1.29 is 9.53 Å². The van der Waals surface area contributed by atoms with E-state index in [0.717, 1.165) is 40.2 Å². The highest BCUT2D eigenvalue weighted by Gasteiger charge is 2.31. The third kappa shape index (κ3) is 3.55. The molecule has 7 aromatic rings. The molecule has 0 bridgehead atoms. The number of benzene rings is 6. The van der Waals surface area contributed by atoms with Crippen molar-refractivity contribution in [1.82, 2.24) is 9.78 Å². The zero-order chi connectivity index (χ0) is 27.7. The molecule has 0 saturated heterocycles. The first-order chi connectivity index (χ1) is 20.2. The fraction of sp³-hybridized carbons (Fsp3) is 0.111.